The van der Waals surface area contributed by atoms with Gasteiger partial charge in [0.15, 0.2) is 0 Å². The van der Waals surface area contributed by atoms with Crippen LogP contribution >= 0.6 is 0 Å². The molecule has 1 atom stereocenters. The second-order valence-electron chi connectivity index (χ2n) is 3.84. The molecule has 1 fully saturated rings. The maximum atomic E-state index is 11.7. The monoisotopic (exact) mass is 231 g/mol. The number of carbonyl (C=O) groups excluding carboxylic acids is 1. The van der Waals surface area contributed by atoms with Crippen molar-refractivity contribution in [2.45, 2.75) is 12.5 Å². The Kier molecular flexibility index (Phi) is 3.26. The van der Waals surface area contributed by atoms with E-state index in [1.807, 2.05) is 6.07 Å². The molecule has 0 aromatic heterocycles. The molecule has 0 spiro atoms. The van der Waals surface area contributed by atoms with E-state index in [4.69, 9.17) is 15.7 Å². The standard InChI is InChI=1S/C12H13N3O2/c13-7-9-2-1-3-10(6-9)15-5-4-11(8-14)17-12(15)16/h1-3,6,11H,4-5,8,14H2. The number of nitrogens with zero attached hydrogens (tertiary/aromatic N) is 2. The van der Waals surface area contributed by atoms with Crippen LogP contribution < -0.4 is 10.6 Å². The zero-order valence-electron chi connectivity index (χ0n) is 9.30. The van der Waals surface area contributed by atoms with E-state index in [1.54, 1.807) is 24.3 Å². The number of nitriles is 1. The predicted molar refractivity (Wildman–Crippen MR) is 62.4 cm³/mol. The zero-order valence-corrected chi connectivity index (χ0v) is 9.30. The molecule has 17 heavy (non-hydrogen) atoms. The maximum Gasteiger partial charge on any atom is 0.414 e. The molecule has 1 aliphatic rings. The first-order valence-electron chi connectivity index (χ1n) is 5.43. The van der Waals surface area contributed by atoms with Gasteiger partial charge in [-0.15, -0.1) is 0 Å². The van der Waals surface area contributed by atoms with Gasteiger partial charge in [-0.05, 0) is 18.2 Å². The molecule has 0 saturated carbocycles. The Morgan fingerprint density at radius 1 is 1.59 bits per heavy atom. The zero-order chi connectivity index (χ0) is 12.3. The second-order valence-corrected chi connectivity index (χ2v) is 3.84. The van der Waals surface area contributed by atoms with Gasteiger partial charge in [0, 0.05) is 25.2 Å². The van der Waals surface area contributed by atoms with Crippen molar-refractivity contribution in [3.8, 4) is 6.07 Å². The minimum Gasteiger partial charge on any atom is -0.444 e. The van der Waals surface area contributed by atoms with Crippen molar-refractivity contribution in [1.29, 1.82) is 5.26 Å². The summed E-state index contributed by atoms with van der Waals surface area (Å²) in [6, 6.07) is 8.94. The number of ether oxygens (including phenoxy) is 1. The molecule has 1 aromatic rings. The number of hydrogen-bond acceptors (Lipinski definition) is 4. The van der Waals surface area contributed by atoms with Crippen LogP contribution in [0.5, 0.6) is 0 Å². The van der Waals surface area contributed by atoms with Crippen LogP contribution in [0.25, 0.3) is 0 Å². The van der Waals surface area contributed by atoms with Crippen LogP contribution in [-0.4, -0.2) is 25.3 Å². The molecule has 5 heteroatoms. The number of rotatable bonds is 2. The van der Waals surface area contributed by atoms with Gasteiger partial charge in [-0.3, -0.25) is 4.90 Å². The highest BCUT2D eigenvalue weighted by atomic mass is 16.6. The summed E-state index contributed by atoms with van der Waals surface area (Å²) in [5, 5.41) is 8.81. The minimum atomic E-state index is -0.401. The van der Waals surface area contributed by atoms with Crippen molar-refractivity contribution < 1.29 is 9.53 Å². The molecule has 2 N–H and O–H groups in total. The third-order valence-electron chi connectivity index (χ3n) is 2.71. The van der Waals surface area contributed by atoms with Crippen LogP contribution in [0.1, 0.15) is 12.0 Å². The first kappa shape index (κ1) is 11.4. The van der Waals surface area contributed by atoms with E-state index in [-0.39, 0.29) is 6.10 Å². The summed E-state index contributed by atoms with van der Waals surface area (Å²) in [6.07, 6.45) is 0.110. The van der Waals surface area contributed by atoms with Crippen LogP contribution in [0.15, 0.2) is 24.3 Å². The fourth-order valence-corrected chi connectivity index (χ4v) is 1.77. The Morgan fingerprint density at radius 2 is 2.41 bits per heavy atom. The summed E-state index contributed by atoms with van der Waals surface area (Å²) in [6.45, 7) is 0.910. The van der Waals surface area contributed by atoms with Crippen LogP contribution in [0, 0.1) is 11.3 Å². The molecule has 1 aliphatic heterocycles. The highest BCUT2D eigenvalue weighted by Crippen LogP contribution is 2.21. The van der Waals surface area contributed by atoms with E-state index in [0.29, 0.717) is 30.8 Å². The average molecular weight is 231 g/mol. The number of carbonyl (C=O) groups is 1. The van der Waals surface area contributed by atoms with Crippen LogP contribution in [-0.2, 0) is 4.74 Å². The Labute approximate surface area is 99.4 Å². The molecule has 1 heterocycles. The van der Waals surface area contributed by atoms with Crippen molar-refractivity contribution >= 4 is 11.8 Å². The quantitative estimate of drug-likeness (QED) is 0.830. The average Bonchev–Trinajstić information content (AvgIpc) is 2.38. The SMILES string of the molecule is N#Cc1cccc(N2CCC(CN)OC2=O)c1. The highest BCUT2D eigenvalue weighted by molar-refractivity contribution is 5.88. The molecule has 1 saturated heterocycles. The van der Waals surface area contributed by atoms with E-state index in [9.17, 15) is 4.79 Å². The minimum absolute atomic E-state index is 0.196. The van der Waals surface area contributed by atoms with Crippen molar-refractivity contribution in [1.82, 2.24) is 0 Å². The summed E-state index contributed by atoms with van der Waals surface area (Å²) in [5.41, 5.74) is 6.67. The van der Waals surface area contributed by atoms with E-state index < -0.39 is 6.09 Å². The van der Waals surface area contributed by atoms with E-state index in [0.717, 1.165) is 0 Å². The molecule has 5 nitrogen and oxygen atoms in total. The normalized spacial score (nSPS) is 19.6. The van der Waals surface area contributed by atoms with Gasteiger partial charge in [-0.1, -0.05) is 6.07 Å². The first-order valence-corrected chi connectivity index (χ1v) is 5.43. The van der Waals surface area contributed by atoms with Gasteiger partial charge in [-0.2, -0.15) is 5.26 Å². The third-order valence-corrected chi connectivity index (χ3v) is 2.71. The summed E-state index contributed by atoms with van der Waals surface area (Å²) >= 11 is 0. The fraction of sp³-hybridized carbons (Fsp3) is 0.333. The van der Waals surface area contributed by atoms with Gasteiger partial charge in [0.05, 0.1) is 11.6 Å². The molecular weight excluding hydrogens is 218 g/mol. The maximum absolute atomic E-state index is 11.7. The van der Waals surface area contributed by atoms with Crippen LogP contribution in [0.3, 0.4) is 0 Å². The molecule has 88 valence electrons. The van der Waals surface area contributed by atoms with Gasteiger partial charge in [-0.25, -0.2) is 4.79 Å². The lowest BCUT2D eigenvalue weighted by Crippen LogP contribution is -2.44. The number of benzene rings is 1. The van der Waals surface area contributed by atoms with Crippen molar-refractivity contribution in [3.63, 3.8) is 0 Å². The first-order chi connectivity index (χ1) is 8.24. The molecule has 1 unspecified atom stereocenters. The van der Waals surface area contributed by atoms with Gasteiger partial charge in [0.25, 0.3) is 0 Å². The highest BCUT2D eigenvalue weighted by Gasteiger charge is 2.27. The Balaban J connectivity index is 2.18. The van der Waals surface area contributed by atoms with E-state index in [1.165, 1.54) is 4.90 Å². The molecule has 0 aliphatic carbocycles. The van der Waals surface area contributed by atoms with Crippen molar-refractivity contribution in [2.75, 3.05) is 18.0 Å². The van der Waals surface area contributed by atoms with E-state index in [2.05, 4.69) is 0 Å². The lowest BCUT2D eigenvalue weighted by Gasteiger charge is -2.31. The Bertz CT molecular complexity index is 467. The van der Waals surface area contributed by atoms with Gasteiger partial charge in [0.2, 0.25) is 0 Å². The Hall–Kier alpha value is -2.06. The fourth-order valence-electron chi connectivity index (χ4n) is 1.77. The third kappa shape index (κ3) is 2.37. The second kappa shape index (κ2) is 4.85. The Morgan fingerprint density at radius 3 is 3.06 bits per heavy atom. The largest absolute Gasteiger partial charge is 0.444 e. The van der Waals surface area contributed by atoms with E-state index >= 15 is 0 Å². The molecular formula is C12H13N3O2. The number of anilines is 1. The lowest BCUT2D eigenvalue weighted by molar-refractivity contribution is 0.0888. The lowest BCUT2D eigenvalue weighted by atomic mass is 10.1. The molecule has 2 rings (SSSR count). The van der Waals surface area contributed by atoms with Crippen LogP contribution in [0.2, 0.25) is 0 Å². The molecule has 1 amide bonds. The number of nitrogens with two attached hydrogens (primary N) is 1. The van der Waals surface area contributed by atoms with Gasteiger partial charge in [0.1, 0.15) is 6.10 Å². The van der Waals surface area contributed by atoms with Gasteiger partial charge < -0.3 is 10.5 Å². The topological polar surface area (TPSA) is 79.3 Å². The van der Waals surface area contributed by atoms with Crippen molar-refractivity contribution in [3.05, 3.63) is 29.8 Å². The predicted octanol–water partition coefficient (Wildman–Crippen LogP) is 1.23. The summed E-state index contributed by atoms with van der Waals surface area (Å²) in [7, 11) is 0. The molecule has 1 aromatic carbocycles. The summed E-state index contributed by atoms with van der Waals surface area (Å²) < 4.78 is 5.16. The smallest absolute Gasteiger partial charge is 0.414 e. The number of cyclic esters (lactones) is 1. The number of hydrogen-bond donors (Lipinski definition) is 1. The summed E-state index contributed by atoms with van der Waals surface area (Å²) in [5.74, 6) is 0. The molecule has 0 bridgehead atoms. The molecule has 0 radical (unpaired) electrons. The van der Waals surface area contributed by atoms with Crippen LogP contribution in [0.4, 0.5) is 10.5 Å². The van der Waals surface area contributed by atoms with Gasteiger partial charge >= 0.3 is 6.09 Å². The number of amides is 1. The summed E-state index contributed by atoms with van der Waals surface area (Å²) in [4.78, 5) is 13.2. The van der Waals surface area contributed by atoms with Crippen molar-refractivity contribution in [2.24, 2.45) is 5.73 Å².